The number of thioether (sulfide) groups is 1. The van der Waals surface area contributed by atoms with Gasteiger partial charge < -0.3 is 4.90 Å². The Morgan fingerprint density at radius 1 is 1.29 bits per heavy atom. The highest BCUT2D eigenvalue weighted by atomic mass is 32.2. The average Bonchev–Trinajstić information content (AvgIpc) is 3.20. The molecule has 1 fully saturated rings. The number of fused-ring (bicyclic) bond motifs is 1. The maximum absolute atomic E-state index is 12.6. The van der Waals surface area contributed by atoms with Crippen molar-refractivity contribution in [1.82, 2.24) is 29.4 Å². The van der Waals surface area contributed by atoms with E-state index >= 15 is 0 Å². The summed E-state index contributed by atoms with van der Waals surface area (Å²) in [7, 11) is 1.84. The predicted molar refractivity (Wildman–Crippen MR) is 90.1 cm³/mol. The van der Waals surface area contributed by atoms with Crippen molar-refractivity contribution in [2.75, 3.05) is 11.4 Å². The van der Waals surface area contributed by atoms with Crippen LogP contribution in [0, 0.1) is 13.8 Å². The summed E-state index contributed by atoms with van der Waals surface area (Å²) in [4.78, 5) is 23.3. The first-order valence-corrected chi connectivity index (χ1v) is 8.57. The lowest BCUT2D eigenvalue weighted by Gasteiger charge is -2.13. The smallest absolute Gasteiger partial charge is 0.253 e. The van der Waals surface area contributed by atoms with Gasteiger partial charge in [0.25, 0.3) is 5.78 Å². The molecule has 8 nitrogen and oxygen atoms in total. The number of hydrogen-bond donors (Lipinski definition) is 0. The quantitative estimate of drug-likeness (QED) is 0.714. The van der Waals surface area contributed by atoms with Gasteiger partial charge in [-0.1, -0.05) is 11.8 Å². The predicted octanol–water partition coefficient (Wildman–Crippen LogP) is 1.37. The number of carbonyl (C=O) groups is 1. The SMILES string of the molecule is Cc1cc(C)n2nc(S[C@@H]3CCN(c4cnn(C)c4)C3=O)nc2n1. The lowest BCUT2D eigenvalue weighted by molar-refractivity contribution is -0.116. The molecule has 4 heterocycles. The van der Waals surface area contributed by atoms with Gasteiger partial charge in [0.2, 0.25) is 11.1 Å². The largest absolute Gasteiger partial charge is 0.308 e. The molecule has 0 N–H and O–H groups in total. The number of anilines is 1. The van der Waals surface area contributed by atoms with Gasteiger partial charge in [0.15, 0.2) is 0 Å². The van der Waals surface area contributed by atoms with Crippen LogP contribution in [0.15, 0.2) is 23.6 Å². The van der Waals surface area contributed by atoms with Crippen molar-refractivity contribution in [3.8, 4) is 0 Å². The monoisotopic (exact) mass is 343 g/mol. The maximum atomic E-state index is 12.6. The zero-order chi connectivity index (χ0) is 16.8. The zero-order valence-electron chi connectivity index (χ0n) is 13.7. The number of hydrogen-bond acceptors (Lipinski definition) is 6. The summed E-state index contributed by atoms with van der Waals surface area (Å²) >= 11 is 1.40. The van der Waals surface area contributed by atoms with Gasteiger partial charge in [0, 0.05) is 31.2 Å². The van der Waals surface area contributed by atoms with Crippen molar-refractivity contribution in [2.45, 2.75) is 30.7 Å². The third-order valence-electron chi connectivity index (χ3n) is 4.01. The lowest BCUT2D eigenvalue weighted by Crippen LogP contribution is -2.27. The topological polar surface area (TPSA) is 81.2 Å². The second kappa shape index (κ2) is 5.59. The van der Waals surface area contributed by atoms with Gasteiger partial charge in [-0.3, -0.25) is 9.48 Å². The van der Waals surface area contributed by atoms with Crippen LogP contribution in [0.3, 0.4) is 0 Å². The molecule has 0 bridgehead atoms. The van der Waals surface area contributed by atoms with Crippen LogP contribution in [0.25, 0.3) is 5.78 Å². The molecule has 0 spiro atoms. The molecule has 4 rings (SSSR count). The standard InChI is InChI=1S/C15H17N7OS/c1-9-6-10(2)22-14(17-9)18-15(19-22)24-12-4-5-21(13(12)23)11-7-16-20(3)8-11/h6-8,12H,4-5H2,1-3H3/t12-/m1/s1. The highest BCUT2D eigenvalue weighted by Gasteiger charge is 2.34. The van der Waals surface area contributed by atoms with Crippen LogP contribution in [0.1, 0.15) is 17.8 Å². The van der Waals surface area contributed by atoms with Crippen molar-refractivity contribution in [2.24, 2.45) is 7.05 Å². The van der Waals surface area contributed by atoms with Crippen LogP contribution in [0.5, 0.6) is 0 Å². The van der Waals surface area contributed by atoms with Crippen LogP contribution < -0.4 is 4.90 Å². The Bertz CT molecular complexity index is 931. The third kappa shape index (κ3) is 2.54. The maximum Gasteiger partial charge on any atom is 0.253 e. The summed E-state index contributed by atoms with van der Waals surface area (Å²) in [6.07, 6.45) is 4.33. The number of nitrogens with zero attached hydrogens (tertiary/aromatic N) is 7. The van der Waals surface area contributed by atoms with Gasteiger partial charge in [0.05, 0.1) is 17.1 Å². The van der Waals surface area contributed by atoms with Crippen molar-refractivity contribution < 1.29 is 4.79 Å². The molecule has 1 aliphatic heterocycles. The molecular weight excluding hydrogens is 326 g/mol. The molecule has 1 aliphatic rings. The fourth-order valence-corrected chi connectivity index (χ4v) is 3.86. The van der Waals surface area contributed by atoms with E-state index in [1.165, 1.54) is 11.8 Å². The first-order chi connectivity index (χ1) is 11.5. The molecule has 0 saturated carbocycles. The van der Waals surface area contributed by atoms with E-state index in [0.29, 0.717) is 17.5 Å². The van der Waals surface area contributed by atoms with Crippen LogP contribution in [-0.4, -0.2) is 47.1 Å². The molecule has 0 unspecified atom stereocenters. The lowest BCUT2D eigenvalue weighted by atomic mass is 10.4. The Morgan fingerprint density at radius 2 is 2.12 bits per heavy atom. The second-order valence-electron chi connectivity index (χ2n) is 5.90. The summed E-state index contributed by atoms with van der Waals surface area (Å²) in [6.45, 7) is 4.59. The van der Waals surface area contributed by atoms with Gasteiger partial charge >= 0.3 is 0 Å². The number of aromatic nitrogens is 6. The van der Waals surface area contributed by atoms with Crippen LogP contribution in [0.2, 0.25) is 0 Å². The fourth-order valence-electron chi connectivity index (χ4n) is 2.89. The van der Waals surface area contributed by atoms with Crippen LogP contribution >= 0.6 is 11.8 Å². The van der Waals surface area contributed by atoms with Crippen molar-refractivity contribution in [3.05, 3.63) is 29.8 Å². The molecule has 0 radical (unpaired) electrons. The third-order valence-corrected chi connectivity index (χ3v) is 5.11. The van der Waals surface area contributed by atoms with E-state index < -0.39 is 0 Å². The summed E-state index contributed by atoms with van der Waals surface area (Å²) in [5, 5.41) is 9.01. The molecule has 24 heavy (non-hydrogen) atoms. The molecule has 1 saturated heterocycles. The second-order valence-corrected chi connectivity index (χ2v) is 7.07. The van der Waals surface area contributed by atoms with E-state index in [1.807, 2.05) is 33.2 Å². The van der Waals surface area contributed by atoms with Gasteiger partial charge in [-0.15, -0.1) is 5.10 Å². The molecule has 0 aliphatic carbocycles. The fraction of sp³-hybridized carbons (Fsp3) is 0.400. The van der Waals surface area contributed by atoms with E-state index in [0.717, 1.165) is 23.5 Å². The van der Waals surface area contributed by atoms with Gasteiger partial charge in [-0.05, 0) is 26.3 Å². The molecule has 9 heteroatoms. The minimum Gasteiger partial charge on any atom is -0.308 e. The Hall–Kier alpha value is -2.42. The number of carbonyl (C=O) groups excluding carboxylic acids is 1. The Morgan fingerprint density at radius 3 is 2.88 bits per heavy atom. The Kier molecular flexibility index (Phi) is 3.52. The highest BCUT2D eigenvalue weighted by Crippen LogP contribution is 2.31. The highest BCUT2D eigenvalue weighted by molar-refractivity contribution is 8.00. The molecular formula is C15H17N7OS. The molecule has 124 valence electrons. The minimum atomic E-state index is -0.177. The van der Waals surface area contributed by atoms with Crippen molar-refractivity contribution in [1.29, 1.82) is 0 Å². The summed E-state index contributed by atoms with van der Waals surface area (Å²) < 4.78 is 3.41. The van der Waals surface area contributed by atoms with Crippen LogP contribution in [-0.2, 0) is 11.8 Å². The van der Waals surface area contributed by atoms with E-state index in [2.05, 4.69) is 20.2 Å². The first kappa shape index (κ1) is 15.1. The number of aryl methyl sites for hydroxylation is 3. The molecule has 1 atom stereocenters. The summed E-state index contributed by atoms with van der Waals surface area (Å²) in [5.74, 6) is 0.650. The van der Waals surface area contributed by atoms with E-state index in [-0.39, 0.29) is 11.2 Å². The Balaban J connectivity index is 1.56. The first-order valence-electron chi connectivity index (χ1n) is 7.69. The number of rotatable bonds is 3. The van der Waals surface area contributed by atoms with E-state index in [4.69, 9.17) is 0 Å². The minimum absolute atomic E-state index is 0.0766. The normalized spacial score (nSPS) is 18.0. The molecule has 0 aromatic carbocycles. The molecule has 3 aromatic rings. The summed E-state index contributed by atoms with van der Waals surface area (Å²) in [5.41, 5.74) is 2.72. The van der Waals surface area contributed by atoms with Gasteiger partial charge in [-0.25, -0.2) is 9.50 Å². The summed E-state index contributed by atoms with van der Waals surface area (Å²) in [6, 6.07) is 1.96. The molecule has 3 aromatic heterocycles. The van der Waals surface area contributed by atoms with Crippen molar-refractivity contribution >= 4 is 29.1 Å². The number of amides is 1. The van der Waals surface area contributed by atoms with Crippen molar-refractivity contribution in [3.63, 3.8) is 0 Å². The van der Waals surface area contributed by atoms with E-state index in [9.17, 15) is 4.79 Å². The van der Waals surface area contributed by atoms with Crippen LogP contribution in [0.4, 0.5) is 5.69 Å². The van der Waals surface area contributed by atoms with Gasteiger partial charge in [0.1, 0.15) is 0 Å². The zero-order valence-corrected chi connectivity index (χ0v) is 14.5. The molecule has 1 amide bonds. The Labute approximate surface area is 142 Å². The average molecular weight is 343 g/mol. The van der Waals surface area contributed by atoms with E-state index in [1.54, 1.807) is 20.3 Å². The van der Waals surface area contributed by atoms with Gasteiger partial charge in [-0.2, -0.15) is 10.1 Å².